The van der Waals surface area contributed by atoms with Crippen LogP contribution in [0.15, 0.2) is 29.2 Å². The average Bonchev–Trinajstić information content (AvgIpc) is 2.40. The number of hydrogen-bond donors (Lipinski definition) is 1. The van der Waals surface area contributed by atoms with E-state index in [4.69, 9.17) is 10.5 Å². The maximum absolute atomic E-state index is 12.5. The number of sulfonamides is 1. The van der Waals surface area contributed by atoms with Crippen LogP contribution in [0.2, 0.25) is 0 Å². The average molecular weight is 284 g/mol. The van der Waals surface area contributed by atoms with Crippen LogP contribution in [0.1, 0.15) is 19.8 Å². The maximum atomic E-state index is 12.5. The van der Waals surface area contributed by atoms with Crippen LogP contribution in [0.25, 0.3) is 0 Å². The first kappa shape index (κ1) is 14.3. The molecule has 1 aliphatic rings. The molecule has 0 atom stereocenters. The Morgan fingerprint density at radius 3 is 2.53 bits per heavy atom. The van der Waals surface area contributed by atoms with E-state index < -0.39 is 10.0 Å². The number of hydrogen-bond acceptors (Lipinski definition) is 4. The topological polar surface area (TPSA) is 72.6 Å². The number of rotatable bonds is 4. The third-order valence-electron chi connectivity index (χ3n) is 3.34. The molecule has 106 valence electrons. The number of nitrogens with two attached hydrogens (primary N) is 1. The van der Waals surface area contributed by atoms with Crippen molar-refractivity contribution in [1.82, 2.24) is 4.31 Å². The van der Waals surface area contributed by atoms with Crippen LogP contribution in [0.4, 0.5) is 5.69 Å². The highest BCUT2D eigenvalue weighted by Crippen LogP contribution is 2.25. The first-order valence-electron chi connectivity index (χ1n) is 6.52. The predicted octanol–water partition coefficient (Wildman–Crippen LogP) is 1.46. The zero-order chi connectivity index (χ0) is 13.9. The molecule has 0 unspecified atom stereocenters. The van der Waals surface area contributed by atoms with Crippen molar-refractivity contribution in [3.63, 3.8) is 0 Å². The molecule has 1 saturated heterocycles. The van der Waals surface area contributed by atoms with Crippen molar-refractivity contribution in [3.8, 4) is 0 Å². The van der Waals surface area contributed by atoms with Gasteiger partial charge in [-0.25, -0.2) is 8.42 Å². The molecule has 0 amide bonds. The summed E-state index contributed by atoms with van der Waals surface area (Å²) in [4.78, 5) is 0.199. The van der Waals surface area contributed by atoms with Crippen molar-refractivity contribution in [2.75, 3.05) is 25.4 Å². The molecule has 0 saturated carbocycles. The molecular formula is C13H20N2O3S. The summed E-state index contributed by atoms with van der Waals surface area (Å²) in [6.07, 6.45) is 1.64. The summed E-state index contributed by atoms with van der Waals surface area (Å²) in [5.74, 6) is 0. The second kappa shape index (κ2) is 5.90. The van der Waals surface area contributed by atoms with E-state index in [0.29, 0.717) is 25.4 Å². The number of nitrogens with zero attached hydrogens (tertiary/aromatic N) is 1. The van der Waals surface area contributed by atoms with Gasteiger partial charge in [-0.3, -0.25) is 0 Å². The fraction of sp³-hybridized carbons (Fsp3) is 0.538. The van der Waals surface area contributed by atoms with Crippen LogP contribution in [0.5, 0.6) is 0 Å². The second-order valence-corrected chi connectivity index (χ2v) is 6.50. The molecule has 5 nitrogen and oxygen atoms in total. The summed E-state index contributed by atoms with van der Waals surface area (Å²) in [5, 5.41) is 0. The number of piperidine rings is 1. The molecule has 0 spiro atoms. The minimum atomic E-state index is -3.48. The van der Waals surface area contributed by atoms with Gasteiger partial charge in [-0.15, -0.1) is 0 Å². The summed E-state index contributed by atoms with van der Waals surface area (Å²) in [6, 6.07) is 6.59. The summed E-state index contributed by atoms with van der Waals surface area (Å²) >= 11 is 0. The van der Waals surface area contributed by atoms with Crippen molar-refractivity contribution in [3.05, 3.63) is 24.3 Å². The summed E-state index contributed by atoms with van der Waals surface area (Å²) in [6.45, 7) is 3.60. The van der Waals surface area contributed by atoms with Crippen LogP contribution < -0.4 is 5.73 Å². The fourth-order valence-electron chi connectivity index (χ4n) is 2.33. The van der Waals surface area contributed by atoms with Crippen molar-refractivity contribution in [1.29, 1.82) is 0 Å². The Balaban J connectivity index is 2.12. The van der Waals surface area contributed by atoms with E-state index in [0.717, 1.165) is 12.8 Å². The lowest BCUT2D eigenvalue weighted by Crippen LogP contribution is -2.41. The van der Waals surface area contributed by atoms with Gasteiger partial charge < -0.3 is 10.5 Å². The summed E-state index contributed by atoms with van der Waals surface area (Å²) in [7, 11) is -3.48. The lowest BCUT2D eigenvalue weighted by Gasteiger charge is -2.31. The molecule has 1 aromatic carbocycles. The van der Waals surface area contributed by atoms with E-state index >= 15 is 0 Å². The number of para-hydroxylation sites is 1. The van der Waals surface area contributed by atoms with Crippen LogP contribution >= 0.6 is 0 Å². The Hall–Kier alpha value is -1.11. The van der Waals surface area contributed by atoms with Gasteiger partial charge in [0.25, 0.3) is 0 Å². The molecule has 1 aliphatic heterocycles. The van der Waals surface area contributed by atoms with Crippen molar-refractivity contribution >= 4 is 15.7 Å². The normalized spacial score (nSPS) is 18.6. The van der Waals surface area contributed by atoms with E-state index in [-0.39, 0.29) is 11.0 Å². The van der Waals surface area contributed by atoms with E-state index in [2.05, 4.69) is 0 Å². The molecule has 1 heterocycles. The van der Waals surface area contributed by atoms with Crippen molar-refractivity contribution < 1.29 is 13.2 Å². The fourth-order valence-corrected chi connectivity index (χ4v) is 3.92. The Bertz CT molecular complexity index is 522. The first-order chi connectivity index (χ1) is 9.05. The highest BCUT2D eigenvalue weighted by atomic mass is 32.2. The SMILES string of the molecule is CCOC1CCN(S(=O)(=O)c2ccccc2N)CC1. The predicted molar refractivity (Wildman–Crippen MR) is 74.3 cm³/mol. The zero-order valence-electron chi connectivity index (χ0n) is 11.1. The lowest BCUT2D eigenvalue weighted by molar-refractivity contribution is 0.0290. The van der Waals surface area contributed by atoms with Gasteiger partial charge >= 0.3 is 0 Å². The molecule has 2 N–H and O–H groups in total. The van der Waals surface area contributed by atoms with Gasteiger partial charge in [0.1, 0.15) is 4.90 Å². The van der Waals surface area contributed by atoms with Gasteiger partial charge in [0, 0.05) is 19.7 Å². The third-order valence-corrected chi connectivity index (χ3v) is 5.31. The molecular weight excluding hydrogens is 264 g/mol. The van der Waals surface area contributed by atoms with Gasteiger partial charge in [-0.05, 0) is 31.9 Å². The quantitative estimate of drug-likeness (QED) is 0.850. The molecule has 0 aliphatic carbocycles. The van der Waals surface area contributed by atoms with Gasteiger partial charge in [-0.2, -0.15) is 4.31 Å². The Kier molecular flexibility index (Phi) is 4.44. The van der Waals surface area contributed by atoms with Gasteiger partial charge in [0.05, 0.1) is 11.8 Å². The molecule has 0 bridgehead atoms. The number of anilines is 1. The van der Waals surface area contributed by atoms with Gasteiger partial charge in [0.15, 0.2) is 0 Å². The van der Waals surface area contributed by atoms with Crippen LogP contribution in [0, 0.1) is 0 Å². The highest BCUT2D eigenvalue weighted by Gasteiger charge is 2.30. The molecule has 2 rings (SSSR count). The van der Waals surface area contributed by atoms with Crippen LogP contribution in [-0.4, -0.2) is 38.5 Å². The third kappa shape index (κ3) is 3.08. The number of ether oxygens (including phenoxy) is 1. The first-order valence-corrected chi connectivity index (χ1v) is 7.96. The lowest BCUT2D eigenvalue weighted by atomic mass is 10.1. The Labute approximate surface area is 114 Å². The van der Waals surface area contributed by atoms with Gasteiger partial charge in [0.2, 0.25) is 10.0 Å². The summed E-state index contributed by atoms with van der Waals surface area (Å²) < 4.78 is 32.0. The van der Waals surface area contributed by atoms with Crippen molar-refractivity contribution in [2.24, 2.45) is 0 Å². The van der Waals surface area contributed by atoms with Crippen LogP contribution in [0.3, 0.4) is 0 Å². The Morgan fingerprint density at radius 2 is 1.95 bits per heavy atom. The van der Waals surface area contributed by atoms with E-state index in [9.17, 15) is 8.42 Å². The summed E-state index contributed by atoms with van der Waals surface area (Å²) in [5.41, 5.74) is 6.06. The minimum Gasteiger partial charge on any atom is -0.398 e. The van der Waals surface area contributed by atoms with Crippen LogP contribution in [-0.2, 0) is 14.8 Å². The smallest absolute Gasteiger partial charge is 0.245 e. The standard InChI is InChI=1S/C13H20N2O3S/c1-2-18-11-7-9-15(10-8-11)19(16,17)13-6-4-3-5-12(13)14/h3-6,11H,2,7-10,14H2,1H3. The number of benzene rings is 1. The molecule has 1 fully saturated rings. The Morgan fingerprint density at radius 1 is 1.32 bits per heavy atom. The maximum Gasteiger partial charge on any atom is 0.245 e. The zero-order valence-corrected chi connectivity index (χ0v) is 11.9. The molecule has 0 radical (unpaired) electrons. The second-order valence-electron chi connectivity index (χ2n) is 4.60. The van der Waals surface area contributed by atoms with E-state index in [1.807, 2.05) is 6.92 Å². The highest BCUT2D eigenvalue weighted by molar-refractivity contribution is 7.89. The van der Waals surface area contributed by atoms with Crippen molar-refractivity contribution in [2.45, 2.75) is 30.8 Å². The molecule has 1 aromatic rings. The molecule has 0 aromatic heterocycles. The van der Waals surface area contributed by atoms with Gasteiger partial charge in [-0.1, -0.05) is 12.1 Å². The van der Waals surface area contributed by atoms with E-state index in [1.54, 1.807) is 24.3 Å². The monoisotopic (exact) mass is 284 g/mol. The largest absolute Gasteiger partial charge is 0.398 e. The number of nitrogen functional groups attached to an aromatic ring is 1. The molecule has 19 heavy (non-hydrogen) atoms. The van der Waals surface area contributed by atoms with E-state index in [1.165, 1.54) is 4.31 Å². The minimum absolute atomic E-state index is 0.171. The molecule has 6 heteroatoms.